The van der Waals surface area contributed by atoms with E-state index >= 15 is 0 Å². The van der Waals surface area contributed by atoms with Gasteiger partial charge in [-0.15, -0.1) is 0 Å². The fraction of sp³-hybridized carbons (Fsp3) is 0.529. The van der Waals surface area contributed by atoms with E-state index in [1.54, 1.807) is 0 Å². The molecule has 0 aliphatic rings. The Labute approximate surface area is 127 Å². The number of imidazole rings is 1. The Morgan fingerprint density at radius 1 is 1.24 bits per heavy atom. The molecule has 0 radical (unpaired) electrons. The molecule has 0 amide bonds. The highest BCUT2D eigenvalue weighted by molar-refractivity contribution is 5.15. The second-order valence-corrected chi connectivity index (χ2v) is 5.45. The Morgan fingerprint density at radius 3 is 2.81 bits per heavy atom. The van der Waals surface area contributed by atoms with E-state index in [2.05, 4.69) is 52.0 Å². The number of nitrogens with zero attached hydrogens (tertiary/aromatic N) is 3. The zero-order chi connectivity index (χ0) is 15.1. The maximum absolute atomic E-state index is 4.68. The van der Waals surface area contributed by atoms with Crippen LogP contribution in [0.1, 0.15) is 49.9 Å². The van der Waals surface area contributed by atoms with Crippen LogP contribution < -0.4 is 5.32 Å². The summed E-state index contributed by atoms with van der Waals surface area (Å²) in [4.78, 5) is 9.21. The normalized spacial score (nSPS) is 12.5. The van der Waals surface area contributed by atoms with Crippen molar-refractivity contribution in [3.63, 3.8) is 0 Å². The topological polar surface area (TPSA) is 42.7 Å². The fourth-order valence-electron chi connectivity index (χ4n) is 2.52. The molecule has 0 saturated carbocycles. The molecule has 0 aliphatic heterocycles. The van der Waals surface area contributed by atoms with E-state index in [0.717, 1.165) is 49.6 Å². The number of nitrogens with one attached hydrogen (secondary N) is 1. The molecule has 4 nitrogen and oxygen atoms in total. The minimum absolute atomic E-state index is 0.225. The highest BCUT2D eigenvalue weighted by atomic mass is 15.1. The lowest BCUT2D eigenvalue weighted by Gasteiger charge is -2.19. The standard InChI is InChI=1S/C17H26N4/c1-4-9-18-16(15-8-6-7-14(3)20-15)13-17-19-10-12-21(17)11-5-2/h6-8,10,12,16,18H,4-5,9,11,13H2,1-3H3. The number of aryl methyl sites for hydroxylation is 2. The third-order valence-corrected chi connectivity index (χ3v) is 3.56. The Kier molecular flexibility index (Phi) is 5.93. The summed E-state index contributed by atoms with van der Waals surface area (Å²) in [5, 5.41) is 3.60. The lowest BCUT2D eigenvalue weighted by atomic mass is 10.1. The molecule has 2 aromatic rings. The molecule has 4 heteroatoms. The Hall–Kier alpha value is -1.68. The van der Waals surface area contributed by atoms with Gasteiger partial charge in [0, 0.05) is 31.1 Å². The van der Waals surface area contributed by atoms with Crippen LogP contribution in [0.3, 0.4) is 0 Å². The monoisotopic (exact) mass is 286 g/mol. The highest BCUT2D eigenvalue weighted by Gasteiger charge is 2.16. The third-order valence-electron chi connectivity index (χ3n) is 3.56. The summed E-state index contributed by atoms with van der Waals surface area (Å²) in [6.45, 7) is 8.44. The smallest absolute Gasteiger partial charge is 0.110 e. The van der Waals surface area contributed by atoms with Crippen LogP contribution in [-0.4, -0.2) is 21.1 Å². The Morgan fingerprint density at radius 2 is 2.10 bits per heavy atom. The molecule has 0 aliphatic carbocycles. The fourth-order valence-corrected chi connectivity index (χ4v) is 2.52. The third kappa shape index (κ3) is 4.39. The van der Waals surface area contributed by atoms with Gasteiger partial charge >= 0.3 is 0 Å². The zero-order valence-corrected chi connectivity index (χ0v) is 13.3. The van der Waals surface area contributed by atoms with Gasteiger partial charge in [-0.3, -0.25) is 4.98 Å². The van der Waals surface area contributed by atoms with Gasteiger partial charge in [0.2, 0.25) is 0 Å². The molecule has 0 aromatic carbocycles. The molecule has 2 heterocycles. The van der Waals surface area contributed by atoms with E-state index in [-0.39, 0.29) is 6.04 Å². The van der Waals surface area contributed by atoms with Crippen LogP contribution in [-0.2, 0) is 13.0 Å². The van der Waals surface area contributed by atoms with Crippen molar-refractivity contribution in [2.45, 2.75) is 52.6 Å². The van der Waals surface area contributed by atoms with Crippen LogP contribution in [0.15, 0.2) is 30.6 Å². The van der Waals surface area contributed by atoms with Gasteiger partial charge < -0.3 is 9.88 Å². The number of hydrogen-bond donors (Lipinski definition) is 1. The van der Waals surface area contributed by atoms with E-state index in [9.17, 15) is 0 Å². The molecule has 0 spiro atoms. The molecular formula is C17H26N4. The molecule has 1 unspecified atom stereocenters. The molecular weight excluding hydrogens is 260 g/mol. The molecule has 0 fully saturated rings. The number of rotatable bonds is 8. The Balaban J connectivity index is 2.17. The largest absolute Gasteiger partial charge is 0.335 e. The van der Waals surface area contributed by atoms with Gasteiger partial charge in [0.05, 0.1) is 11.7 Å². The predicted molar refractivity (Wildman–Crippen MR) is 86.2 cm³/mol. The molecule has 2 rings (SSSR count). The summed E-state index contributed by atoms with van der Waals surface area (Å²) >= 11 is 0. The number of hydrogen-bond acceptors (Lipinski definition) is 3. The van der Waals surface area contributed by atoms with Crippen molar-refractivity contribution in [2.24, 2.45) is 0 Å². The first-order valence-corrected chi connectivity index (χ1v) is 7.91. The minimum atomic E-state index is 0.225. The van der Waals surface area contributed by atoms with Gasteiger partial charge in [-0.25, -0.2) is 4.98 Å². The second kappa shape index (κ2) is 7.93. The van der Waals surface area contributed by atoms with Gasteiger partial charge in [-0.05, 0) is 38.4 Å². The van der Waals surface area contributed by atoms with Gasteiger partial charge in [0.15, 0.2) is 0 Å². The first kappa shape index (κ1) is 15.7. The first-order chi connectivity index (χ1) is 10.2. The van der Waals surface area contributed by atoms with Crippen molar-refractivity contribution >= 4 is 0 Å². The SMILES string of the molecule is CCCNC(Cc1nccn1CCC)c1cccc(C)n1. The van der Waals surface area contributed by atoms with Crippen molar-refractivity contribution in [3.05, 3.63) is 47.8 Å². The van der Waals surface area contributed by atoms with Crippen molar-refractivity contribution in [1.82, 2.24) is 19.9 Å². The lowest BCUT2D eigenvalue weighted by molar-refractivity contribution is 0.492. The zero-order valence-electron chi connectivity index (χ0n) is 13.3. The number of pyridine rings is 1. The van der Waals surface area contributed by atoms with Crippen molar-refractivity contribution < 1.29 is 0 Å². The molecule has 21 heavy (non-hydrogen) atoms. The summed E-state index contributed by atoms with van der Waals surface area (Å²) < 4.78 is 2.25. The maximum atomic E-state index is 4.68. The lowest BCUT2D eigenvalue weighted by Crippen LogP contribution is -2.26. The van der Waals surface area contributed by atoms with E-state index in [0.29, 0.717) is 0 Å². The van der Waals surface area contributed by atoms with Crippen molar-refractivity contribution in [1.29, 1.82) is 0 Å². The van der Waals surface area contributed by atoms with Crippen LogP contribution >= 0.6 is 0 Å². The minimum Gasteiger partial charge on any atom is -0.335 e. The number of aromatic nitrogens is 3. The average Bonchev–Trinajstić information content (AvgIpc) is 2.91. The predicted octanol–water partition coefficient (Wildman–Crippen LogP) is 3.28. The van der Waals surface area contributed by atoms with Gasteiger partial charge in [-0.1, -0.05) is 19.9 Å². The van der Waals surface area contributed by atoms with Crippen LogP contribution in [0.25, 0.3) is 0 Å². The van der Waals surface area contributed by atoms with Crippen LogP contribution in [0, 0.1) is 6.92 Å². The highest BCUT2D eigenvalue weighted by Crippen LogP contribution is 2.17. The Bertz CT molecular complexity index is 547. The summed E-state index contributed by atoms with van der Waals surface area (Å²) in [6.07, 6.45) is 7.08. The van der Waals surface area contributed by atoms with Crippen molar-refractivity contribution in [2.75, 3.05) is 6.54 Å². The second-order valence-electron chi connectivity index (χ2n) is 5.45. The van der Waals surface area contributed by atoms with E-state index in [1.165, 1.54) is 0 Å². The first-order valence-electron chi connectivity index (χ1n) is 7.91. The molecule has 1 N–H and O–H groups in total. The maximum Gasteiger partial charge on any atom is 0.110 e. The summed E-state index contributed by atoms with van der Waals surface area (Å²) in [5.41, 5.74) is 2.17. The molecule has 1 atom stereocenters. The molecule has 2 aromatic heterocycles. The van der Waals surface area contributed by atoms with Crippen LogP contribution in [0.2, 0.25) is 0 Å². The summed E-state index contributed by atoms with van der Waals surface area (Å²) in [6, 6.07) is 6.45. The van der Waals surface area contributed by atoms with Gasteiger partial charge in [0.25, 0.3) is 0 Å². The van der Waals surface area contributed by atoms with Crippen LogP contribution in [0.4, 0.5) is 0 Å². The van der Waals surface area contributed by atoms with Gasteiger partial charge in [-0.2, -0.15) is 0 Å². The van der Waals surface area contributed by atoms with E-state index < -0.39 is 0 Å². The molecule has 114 valence electrons. The van der Waals surface area contributed by atoms with Crippen LogP contribution in [0.5, 0.6) is 0 Å². The summed E-state index contributed by atoms with van der Waals surface area (Å²) in [7, 11) is 0. The molecule has 0 saturated heterocycles. The quantitative estimate of drug-likeness (QED) is 0.810. The van der Waals surface area contributed by atoms with Gasteiger partial charge in [0.1, 0.15) is 5.82 Å². The van der Waals surface area contributed by atoms with Crippen molar-refractivity contribution in [3.8, 4) is 0 Å². The van der Waals surface area contributed by atoms with E-state index in [1.807, 2.05) is 19.2 Å². The average molecular weight is 286 g/mol. The van der Waals surface area contributed by atoms with E-state index in [4.69, 9.17) is 0 Å². The summed E-state index contributed by atoms with van der Waals surface area (Å²) in [5.74, 6) is 1.13. The molecule has 0 bridgehead atoms.